The van der Waals surface area contributed by atoms with Crippen molar-refractivity contribution in [2.45, 2.75) is 53.9 Å². The standard InChI is InChI=1S/C16H25N/c1-13-8-6-10-16(4,5)14(13)12-15(2,3)9-7-11-17/h7-9,14H,6,10,12H2,1-5H3/b9-7+. The van der Waals surface area contributed by atoms with E-state index in [2.05, 4.69) is 46.8 Å². The van der Waals surface area contributed by atoms with E-state index in [-0.39, 0.29) is 5.41 Å². The molecule has 17 heavy (non-hydrogen) atoms. The minimum atomic E-state index is 0.101. The molecule has 0 aromatic carbocycles. The van der Waals surface area contributed by atoms with Crippen molar-refractivity contribution in [3.05, 3.63) is 23.8 Å². The van der Waals surface area contributed by atoms with E-state index >= 15 is 0 Å². The van der Waals surface area contributed by atoms with Crippen molar-refractivity contribution in [3.8, 4) is 6.07 Å². The lowest BCUT2D eigenvalue weighted by Gasteiger charge is -2.42. The van der Waals surface area contributed by atoms with Crippen LogP contribution in [0.25, 0.3) is 0 Å². The zero-order chi connectivity index (χ0) is 13.1. The molecular weight excluding hydrogens is 206 g/mol. The van der Waals surface area contributed by atoms with E-state index in [9.17, 15) is 0 Å². The SMILES string of the molecule is CC1=CCCC(C)(C)C1CC(C)(C)/C=C/C#N. The van der Waals surface area contributed by atoms with Crippen molar-refractivity contribution in [3.63, 3.8) is 0 Å². The highest BCUT2D eigenvalue weighted by molar-refractivity contribution is 5.15. The summed E-state index contributed by atoms with van der Waals surface area (Å²) < 4.78 is 0. The van der Waals surface area contributed by atoms with Crippen molar-refractivity contribution < 1.29 is 0 Å². The molecule has 0 aromatic heterocycles. The summed E-state index contributed by atoms with van der Waals surface area (Å²) in [5.41, 5.74) is 2.01. The zero-order valence-electron chi connectivity index (χ0n) is 11.9. The maximum absolute atomic E-state index is 8.64. The van der Waals surface area contributed by atoms with Crippen LogP contribution in [0.5, 0.6) is 0 Å². The van der Waals surface area contributed by atoms with E-state index in [1.807, 2.05) is 6.08 Å². The molecule has 0 saturated carbocycles. The number of hydrogen-bond donors (Lipinski definition) is 0. The Labute approximate surface area is 106 Å². The van der Waals surface area contributed by atoms with Crippen molar-refractivity contribution in [2.75, 3.05) is 0 Å². The third kappa shape index (κ3) is 3.73. The van der Waals surface area contributed by atoms with Crippen LogP contribution < -0.4 is 0 Å². The highest BCUT2D eigenvalue weighted by Crippen LogP contribution is 2.46. The Kier molecular flexibility index (Phi) is 4.20. The van der Waals surface area contributed by atoms with Crippen LogP contribution in [-0.2, 0) is 0 Å². The Balaban J connectivity index is 2.85. The predicted molar refractivity (Wildman–Crippen MR) is 73.4 cm³/mol. The topological polar surface area (TPSA) is 23.8 Å². The molecule has 1 nitrogen and oxygen atoms in total. The summed E-state index contributed by atoms with van der Waals surface area (Å²) in [6.45, 7) is 11.4. The Morgan fingerprint density at radius 3 is 2.71 bits per heavy atom. The molecule has 0 N–H and O–H groups in total. The van der Waals surface area contributed by atoms with E-state index in [1.54, 1.807) is 6.08 Å². The molecule has 1 heteroatoms. The molecule has 0 bridgehead atoms. The Morgan fingerprint density at radius 2 is 2.18 bits per heavy atom. The fraction of sp³-hybridized carbons (Fsp3) is 0.688. The third-order valence-corrected chi connectivity index (χ3v) is 4.09. The highest BCUT2D eigenvalue weighted by atomic mass is 14.4. The molecule has 1 aliphatic rings. The van der Waals surface area contributed by atoms with Gasteiger partial charge < -0.3 is 0 Å². The van der Waals surface area contributed by atoms with Gasteiger partial charge in [-0.15, -0.1) is 0 Å². The second-order valence-electron chi connectivity index (χ2n) is 6.68. The average molecular weight is 231 g/mol. The summed E-state index contributed by atoms with van der Waals surface area (Å²) in [5, 5.41) is 8.64. The molecule has 1 aliphatic carbocycles. The third-order valence-electron chi connectivity index (χ3n) is 4.09. The number of rotatable bonds is 3. The molecule has 1 atom stereocenters. The van der Waals surface area contributed by atoms with Gasteiger partial charge in [-0.05, 0) is 42.9 Å². The summed E-state index contributed by atoms with van der Waals surface area (Å²) >= 11 is 0. The lowest BCUT2D eigenvalue weighted by atomic mass is 9.63. The van der Waals surface area contributed by atoms with E-state index in [0.29, 0.717) is 11.3 Å². The number of hydrogen-bond acceptors (Lipinski definition) is 1. The first-order valence-electron chi connectivity index (χ1n) is 6.52. The van der Waals surface area contributed by atoms with Crippen molar-refractivity contribution in [2.24, 2.45) is 16.7 Å². The monoisotopic (exact) mass is 231 g/mol. The number of nitrogens with zero attached hydrogens (tertiary/aromatic N) is 1. The number of allylic oxidation sites excluding steroid dienone is 4. The summed E-state index contributed by atoms with van der Waals surface area (Å²) in [4.78, 5) is 0. The van der Waals surface area contributed by atoms with Crippen LogP contribution in [0.3, 0.4) is 0 Å². The van der Waals surface area contributed by atoms with Crippen LogP contribution in [0.1, 0.15) is 53.9 Å². The molecule has 0 heterocycles. The fourth-order valence-electron chi connectivity index (χ4n) is 2.90. The van der Waals surface area contributed by atoms with Gasteiger partial charge in [-0.3, -0.25) is 0 Å². The Bertz CT molecular complexity index is 363. The molecule has 0 fully saturated rings. The minimum Gasteiger partial charge on any atom is -0.193 e. The lowest BCUT2D eigenvalue weighted by molar-refractivity contribution is 0.168. The van der Waals surface area contributed by atoms with Gasteiger partial charge in [-0.2, -0.15) is 5.26 Å². The molecule has 0 aromatic rings. The summed E-state index contributed by atoms with van der Waals surface area (Å²) in [7, 11) is 0. The molecule has 1 rings (SSSR count). The van der Waals surface area contributed by atoms with Crippen LogP contribution >= 0.6 is 0 Å². The molecule has 1 unspecified atom stereocenters. The summed E-state index contributed by atoms with van der Waals surface area (Å²) in [6, 6.07) is 2.10. The first kappa shape index (κ1) is 14.0. The first-order chi connectivity index (χ1) is 7.78. The normalized spacial score (nSPS) is 24.5. The van der Waals surface area contributed by atoms with Crippen molar-refractivity contribution in [1.29, 1.82) is 5.26 Å². The van der Waals surface area contributed by atoms with E-state index in [1.165, 1.54) is 18.4 Å². The van der Waals surface area contributed by atoms with Gasteiger partial charge in [0.2, 0.25) is 0 Å². The van der Waals surface area contributed by atoms with Crippen LogP contribution in [0.2, 0.25) is 0 Å². The second kappa shape index (κ2) is 5.08. The fourth-order valence-corrected chi connectivity index (χ4v) is 2.90. The molecular formula is C16H25N. The Hall–Kier alpha value is -1.03. The first-order valence-corrected chi connectivity index (χ1v) is 6.52. The van der Waals surface area contributed by atoms with Gasteiger partial charge in [-0.25, -0.2) is 0 Å². The smallest absolute Gasteiger partial charge is 0.0908 e. The van der Waals surface area contributed by atoms with Gasteiger partial charge in [0.05, 0.1) is 6.07 Å². The van der Waals surface area contributed by atoms with Crippen LogP contribution in [-0.4, -0.2) is 0 Å². The second-order valence-corrected chi connectivity index (χ2v) is 6.68. The molecule has 0 radical (unpaired) electrons. The van der Waals surface area contributed by atoms with Gasteiger partial charge in [0.15, 0.2) is 0 Å². The van der Waals surface area contributed by atoms with Crippen LogP contribution in [0.15, 0.2) is 23.8 Å². The number of nitriles is 1. The molecule has 0 spiro atoms. The van der Waals surface area contributed by atoms with Crippen LogP contribution in [0.4, 0.5) is 0 Å². The summed E-state index contributed by atoms with van der Waals surface area (Å²) in [5.74, 6) is 0.634. The van der Waals surface area contributed by atoms with Crippen LogP contribution in [0, 0.1) is 28.1 Å². The van der Waals surface area contributed by atoms with Gasteiger partial charge in [0.1, 0.15) is 0 Å². The van der Waals surface area contributed by atoms with Gasteiger partial charge in [0.25, 0.3) is 0 Å². The molecule has 0 aliphatic heterocycles. The maximum Gasteiger partial charge on any atom is 0.0908 e. The van der Waals surface area contributed by atoms with Crippen molar-refractivity contribution >= 4 is 0 Å². The van der Waals surface area contributed by atoms with Gasteiger partial charge in [-0.1, -0.05) is 45.4 Å². The molecule has 0 amide bonds. The maximum atomic E-state index is 8.64. The Morgan fingerprint density at radius 1 is 1.53 bits per heavy atom. The average Bonchev–Trinajstić information content (AvgIpc) is 2.21. The predicted octanol–water partition coefficient (Wildman–Crippen LogP) is 4.86. The largest absolute Gasteiger partial charge is 0.193 e. The van der Waals surface area contributed by atoms with E-state index < -0.39 is 0 Å². The van der Waals surface area contributed by atoms with Gasteiger partial charge >= 0.3 is 0 Å². The minimum absolute atomic E-state index is 0.101. The van der Waals surface area contributed by atoms with Crippen molar-refractivity contribution in [1.82, 2.24) is 0 Å². The molecule has 94 valence electrons. The highest BCUT2D eigenvalue weighted by Gasteiger charge is 2.35. The van der Waals surface area contributed by atoms with E-state index in [0.717, 1.165) is 6.42 Å². The summed E-state index contributed by atoms with van der Waals surface area (Å²) in [6.07, 6.45) is 9.66. The van der Waals surface area contributed by atoms with Gasteiger partial charge in [0, 0.05) is 6.08 Å². The quantitative estimate of drug-likeness (QED) is 0.502. The zero-order valence-corrected chi connectivity index (χ0v) is 11.9. The molecule has 0 saturated heterocycles. The lowest BCUT2D eigenvalue weighted by Crippen LogP contribution is -2.31. The van der Waals surface area contributed by atoms with E-state index in [4.69, 9.17) is 5.26 Å².